The standard InChI is InChI=1S/C21H24N4O5S2/c1-13(2)5-6-23-20(26)14(8-22)9-24-21-25(16-10-32(27,28)11-19(16)31-21)15-3-4-17-18(7-15)30-12-29-17/h3-4,7,9,13,16,19H,5-6,10-12H2,1-2H3,(H,23,26)/b14-9+,24-21?/t16-,19-/m1/s1. The van der Waals surface area contributed by atoms with E-state index in [9.17, 15) is 18.5 Å². The lowest BCUT2D eigenvalue weighted by Gasteiger charge is -2.24. The number of thioether (sulfide) groups is 1. The Bertz CT molecular complexity index is 1120. The van der Waals surface area contributed by atoms with Crippen LogP contribution in [0.3, 0.4) is 0 Å². The third-order valence-electron chi connectivity index (χ3n) is 5.38. The molecule has 3 aliphatic rings. The molecule has 11 heteroatoms. The third-order valence-corrected chi connectivity index (χ3v) is 8.60. The molecule has 3 heterocycles. The zero-order valence-electron chi connectivity index (χ0n) is 17.8. The lowest BCUT2D eigenvalue weighted by atomic mass is 10.1. The van der Waals surface area contributed by atoms with Crippen LogP contribution in [0.2, 0.25) is 0 Å². The lowest BCUT2D eigenvalue weighted by molar-refractivity contribution is -0.117. The molecular weight excluding hydrogens is 452 g/mol. The number of nitrogens with one attached hydrogen (secondary N) is 1. The zero-order valence-corrected chi connectivity index (χ0v) is 19.4. The smallest absolute Gasteiger partial charge is 0.263 e. The number of amidine groups is 1. The first kappa shape index (κ1) is 22.5. The van der Waals surface area contributed by atoms with Gasteiger partial charge in [-0.25, -0.2) is 13.4 Å². The van der Waals surface area contributed by atoms with Crippen LogP contribution in [0, 0.1) is 17.2 Å². The van der Waals surface area contributed by atoms with Gasteiger partial charge in [-0.2, -0.15) is 5.26 Å². The van der Waals surface area contributed by atoms with Gasteiger partial charge in [0.05, 0.1) is 23.7 Å². The molecular formula is C21H24N4O5S2. The zero-order chi connectivity index (χ0) is 22.9. The summed E-state index contributed by atoms with van der Waals surface area (Å²) in [4.78, 5) is 18.6. The fourth-order valence-electron chi connectivity index (χ4n) is 3.74. The van der Waals surface area contributed by atoms with Crippen LogP contribution in [0.25, 0.3) is 0 Å². The summed E-state index contributed by atoms with van der Waals surface area (Å²) in [5.41, 5.74) is 0.621. The van der Waals surface area contributed by atoms with E-state index in [1.54, 1.807) is 12.1 Å². The monoisotopic (exact) mass is 476 g/mol. The van der Waals surface area contributed by atoms with Gasteiger partial charge in [0, 0.05) is 23.5 Å². The highest BCUT2D eigenvalue weighted by Gasteiger charge is 2.49. The van der Waals surface area contributed by atoms with Crippen LogP contribution in [0.1, 0.15) is 20.3 Å². The van der Waals surface area contributed by atoms with Crippen LogP contribution in [-0.2, 0) is 14.6 Å². The van der Waals surface area contributed by atoms with Gasteiger partial charge >= 0.3 is 0 Å². The van der Waals surface area contributed by atoms with E-state index in [0.717, 1.165) is 12.1 Å². The minimum absolute atomic E-state index is 0.0165. The summed E-state index contributed by atoms with van der Waals surface area (Å²) < 4.78 is 35.3. The Morgan fingerprint density at radius 2 is 2.16 bits per heavy atom. The van der Waals surface area contributed by atoms with Crippen molar-refractivity contribution in [1.29, 1.82) is 5.26 Å². The molecule has 1 aromatic carbocycles. The van der Waals surface area contributed by atoms with Gasteiger partial charge in [-0.1, -0.05) is 25.6 Å². The van der Waals surface area contributed by atoms with E-state index >= 15 is 0 Å². The Balaban J connectivity index is 1.61. The molecule has 0 radical (unpaired) electrons. The highest BCUT2D eigenvalue weighted by atomic mass is 32.2. The maximum Gasteiger partial charge on any atom is 0.263 e. The average Bonchev–Trinajstić information content (AvgIpc) is 3.39. The first-order valence-corrected chi connectivity index (χ1v) is 13.0. The van der Waals surface area contributed by atoms with Crippen molar-refractivity contribution in [3.05, 3.63) is 30.0 Å². The molecule has 0 bridgehead atoms. The summed E-state index contributed by atoms with van der Waals surface area (Å²) in [7, 11) is -3.15. The van der Waals surface area contributed by atoms with E-state index in [1.807, 2.05) is 17.0 Å². The van der Waals surface area contributed by atoms with E-state index in [2.05, 4.69) is 24.2 Å². The predicted molar refractivity (Wildman–Crippen MR) is 122 cm³/mol. The van der Waals surface area contributed by atoms with Crippen molar-refractivity contribution in [2.45, 2.75) is 31.6 Å². The number of anilines is 1. The molecule has 1 N–H and O–H groups in total. The van der Waals surface area contributed by atoms with Gasteiger partial charge < -0.3 is 19.7 Å². The molecule has 9 nitrogen and oxygen atoms in total. The molecule has 0 aliphatic carbocycles. The Labute approximate surface area is 191 Å². The highest BCUT2D eigenvalue weighted by molar-refractivity contribution is 8.16. The Morgan fingerprint density at radius 1 is 1.38 bits per heavy atom. The van der Waals surface area contributed by atoms with Crippen LogP contribution >= 0.6 is 11.8 Å². The predicted octanol–water partition coefficient (Wildman–Crippen LogP) is 2.06. The van der Waals surface area contributed by atoms with Gasteiger partial charge in [0.1, 0.15) is 11.6 Å². The summed E-state index contributed by atoms with van der Waals surface area (Å²) in [6.07, 6.45) is 2.06. The van der Waals surface area contributed by atoms with Crippen molar-refractivity contribution in [3.8, 4) is 17.6 Å². The minimum Gasteiger partial charge on any atom is -0.454 e. The van der Waals surface area contributed by atoms with E-state index in [4.69, 9.17) is 9.47 Å². The number of amides is 1. The molecule has 32 heavy (non-hydrogen) atoms. The van der Waals surface area contributed by atoms with Gasteiger partial charge in [-0.3, -0.25) is 4.79 Å². The number of ether oxygens (including phenoxy) is 2. The Hall–Kier alpha value is -2.71. The first-order chi connectivity index (χ1) is 15.3. The molecule has 2 fully saturated rings. The first-order valence-electron chi connectivity index (χ1n) is 10.3. The number of rotatable bonds is 6. The highest BCUT2D eigenvalue weighted by Crippen LogP contribution is 2.43. The number of benzene rings is 1. The van der Waals surface area contributed by atoms with Crippen LogP contribution in [-0.4, -0.2) is 55.6 Å². The van der Waals surface area contributed by atoms with Crippen LogP contribution in [0.15, 0.2) is 35.0 Å². The molecule has 170 valence electrons. The summed E-state index contributed by atoms with van der Waals surface area (Å²) in [6, 6.07) is 7.00. The van der Waals surface area contributed by atoms with Crippen molar-refractivity contribution in [3.63, 3.8) is 0 Å². The van der Waals surface area contributed by atoms with Gasteiger partial charge in [-0.15, -0.1) is 0 Å². The minimum atomic E-state index is -3.15. The normalized spacial score (nSPS) is 24.6. The van der Waals surface area contributed by atoms with E-state index in [1.165, 1.54) is 18.0 Å². The number of sulfone groups is 1. The largest absolute Gasteiger partial charge is 0.454 e. The maximum atomic E-state index is 12.3. The Kier molecular flexibility index (Phi) is 6.35. The molecule has 0 spiro atoms. The average molecular weight is 477 g/mol. The number of hydrogen-bond acceptors (Lipinski definition) is 8. The molecule has 0 aromatic heterocycles. The molecule has 0 saturated carbocycles. The summed E-state index contributed by atoms with van der Waals surface area (Å²) >= 11 is 1.34. The molecule has 1 aromatic rings. The van der Waals surface area contributed by atoms with E-state index < -0.39 is 15.7 Å². The van der Waals surface area contributed by atoms with Crippen molar-refractivity contribution in [2.75, 3.05) is 29.7 Å². The number of carbonyl (C=O) groups is 1. The van der Waals surface area contributed by atoms with Crippen molar-refractivity contribution in [2.24, 2.45) is 10.9 Å². The summed E-state index contributed by atoms with van der Waals surface area (Å²) in [6.45, 7) is 4.72. The van der Waals surface area contributed by atoms with Crippen molar-refractivity contribution >= 4 is 38.4 Å². The second-order valence-electron chi connectivity index (χ2n) is 8.21. The van der Waals surface area contributed by atoms with Gasteiger partial charge in [-0.05, 0) is 24.5 Å². The number of aliphatic imine (C=N–C) groups is 1. The van der Waals surface area contributed by atoms with E-state index in [0.29, 0.717) is 29.1 Å². The topological polar surface area (TPSA) is 121 Å². The van der Waals surface area contributed by atoms with Crippen molar-refractivity contribution < 1.29 is 22.7 Å². The third kappa shape index (κ3) is 4.71. The van der Waals surface area contributed by atoms with Crippen molar-refractivity contribution in [1.82, 2.24) is 5.32 Å². The number of fused-ring (bicyclic) bond motifs is 2. The molecule has 2 saturated heterocycles. The fourth-order valence-corrected chi connectivity index (χ4v) is 7.63. The molecule has 2 atom stereocenters. The number of hydrogen-bond donors (Lipinski definition) is 1. The number of carbonyl (C=O) groups excluding carboxylic acids is 1. The Morgan fingerprint density at radius 3 is 2.91 bits per heavy atom. The van der Waals surface area contributed by atoms with Crippen LogP contribution in [0.4, 0.5) is 5.69 Å². The fraction of sp³-hybridized carbons (Fsp3) is 0.476. The summed E-state index contributed by atoms with van der Waals surface area (Å²) in [5.74, 6) is 1.24. The quantitative estimate of drug-likeness (QED) is 0.489. The lowest BCUT2D eigenvalue weighted by Crippen LogP contribution is -2.37. The van der Waals surface area contributed by atoms with E-state index in [-0.39, 0.29) is 35.2 Å². The molecule has 1 amide bonds. The molecule has 0 unspecified atom stereocenters. The SMILES string of the molecule is CC(C)CCNC(=O)/C(C#N)=C/N=C1S[C@@H]2CS(=O)(=O)C[C@H]2N1c1ccc2c(c1)OCO2. The van der Waals surface area contributed by atoms with Gasteiger partial charge in [0.25, 0.3) is 5.91 Å². The maximum absolute atomic E-state index is 12.3. The number of nitriles is 1. The van der Waals surface area contributed by atoms with Crippen LogP contribution < -0.4 is 19.7 Å². The van der Waals surface area contributed by atoms with Gasteiger partial charge in [0.15, 0.2) is 26.5 Å². The second kappa shape index (κ2) is 9.03. The second-order valence-corrected chi connectivity index (χ2v) is 11.6. The molecule has 4 rings (SSSR count). The number of nitrogens with zero attached hydrogens (tertiary/aromatic N) is 3. The summed E-state index contributed by atoms with van der Waals surface area (Å²) in [5, 5.41) is 12.5. The van der Waals surface area contributed by atoms with Crippen LogP contribution in [0.5, 0.6) is 11.5 Å². The molecule has 3 aliphatic heterocycles. The van der Waals surface area contributed by atoms with Gasteiger partial charge in [0.2, 0.25) is 6.79 Å².